The van der Waals surface area contributed by atoms with Crippen molar-refractivity contribution in [1.29, 1.82) is 0 Å². The van der Waals surface area contributed by atoms with Gasteiger partial charge in [-0.2, -0.15) is 0 Å². The number of amides is 1. The number of hydrogen-bond donors (Lipinski definition) is 1. The van der Waals surface area contributed by atoms with Crippen LogP contribution in [-0.4, -0.2) is 29.8 Å². The summed E-state index contributed by atoms with van der Waals surface area (Å²) in [4.78, 5) is 24.0. The summed E-state index contributed by atoms with van der Waals surface area (Å²) in [5.41, 5.74) is 1.81. The van der Waals surface area contributed by atoms with E-state index in [9.17, 15) is 9.59 Å². The third-order valence-corrected chi connectivity index (χ3v) is 2.97. The zero-order valence-electron chi connectivity index (χ0n) is 10.1. The number of aryl methyl sites for hydroxylation is 1. The normalized spacial score (nSPS) is 19.5. The molecule has 18 heavy (non-hydrogen) atoms. The van der Waals surface area contributed by atoms with Crippen LogP contribution in [0.25, 0.3) is 0 Å². The first-order valence-electron chi connectivity index (χ1n) is 5.83. The average molecular weight is 249 g/mol. The van der Waals surface area contributed by atoms with Crippen LogP contribution in [0, 0.1) is 6.92 Å². The van der Waals surface area contributed by atoms with Gasteiger partial charge in [-0.15, -0.1) is 0 Å². The van der Waals surface area contributed by atoms with E-state index in [0.29, 0.717) is 13.0 Å². The van der Waals surface area contributed by atoms with Crippen molar-refractivity contribution < 1.29 is 19.4 Å². The quantitative estimate of drug-likeness (QED) is 0.891. The summed E-state index contributed by atoms with van der Waals surface area (Å²) in [6, 6.07) is 7.54. The molecule has 0 radical (unpaired) electrons. The number of hydrogen-bond acceptors (Lipinski definition) is 3. The van der Waals surface area contributed by atoms with E-state index in [1.165, 1.54) is 0 Å². The van der Waals surface area contributed by atoms with E-state index in [4.69, 9.17) is 9.84 Å². The Kier molecular flexibility index (Phi) is 3.50. The SMILES string of the molecule is Cc1ccccc1N1CCC(CC(=O)O)OC1=O. The fraction of sp³-hybridized carbons (Fsp3) is 0.385. The number of rotatable bonds is 3. The number of benzene rings is 1. The second kappa shape index (κ2) is 5.08. The number of ether oxygens (including phenoxy) is 1. The molecular weight excluding hydrogens is 234 g/mol. The predicted octanol–water partition coefficient (Wildman–Crippen LogP) is 2.19. The highest BCUT2D eigenvalue weighted by atomic mass is 16.6. The van der Waals surface area contributed by atoms with E-state index >= 15 is 0 Å². The Balaban J connectivity index is 2.08. The van der Waals surface area contributed by atoms with Crippen molar-refractivity contribution in [3.05, 3.63) is 29.8 Å². The highest BCUT2D eigenvalue weighted by Gasteiger charge is 2.29. The number of carbonyl (C=O) groups is 2. The van der Waals surface area contributed by atoms with Gasteiger partial charge in [0.2, 0.25) is 0 Å². The summed E-state index contributed by atoms with van der Waals surface area (Å²) >= 11 is 0. The summed E-state index contributed by atoms with van der Waals surface area (Å²) in [6.07, 6.45) is -0.586. The molecule has 0 saturated carbocycles. The molecule has 5 nitrogen and oxygen atoms in total. The van der Waals surface area contributed by atoms with Crippen molar-refractivity contribution in [3.63, 3.8) is 0 Å². The molecule has 1 amide bonds. The topological polar surface area (TPSA) is 66.8 Å². The minimum Gasteiger partial charge on any atom is -0.481 e. The Morgan fingerprint density at radius 2 is 2.22 bits per heavy atom. The van der Waals surface area contributed by atoms with Crippen LogP contribution in [-0.2, 0) is 9.53 Å². The number of carbonyl (C=O) groups excluding carboxylic acids is 1. The molecule has 5 heteroatoms. The molecular formula is C13H15NO4. The second-order valence-corrected chi connectivity index (χ2v) is 4.33. The van der Waals surface area contributed by atoms with Gasteiger partial charge >= 0.3 is 12.1 Å². The number of para-hydroxylation sites is 1. The van der Waals surface area contributed by atoms with E-state index in [0.717, 1.165) is 11.3 Å². The highest BCUT2D eigenvalue weighted by Crippen LogP contribution is 2.25. The van der Waals surface area contributed by atoms with Crippen molar-refractivity contribution in [1.82, 2.24) is 0 Å². The van der Waals surface area contributed by atoms with Crippen LogP contribution < -0.4 is 4.90 Å². The molecule has 1 fully saturated rings. The molecule has 1 aromatic rings. The summed E-state index contributed by atoms with van der Waals surface area (Å²) < 4.78 is 5.13. The Hall–Kier alpha value is -2.04. The lowest BCUT2D eigenvalue weighted by Gasteiger charge is -2.31. The molecule has 1 saturated heterocycles. The van der Waals surface area contributed by atoms with Gasteiger partial charge in [-0.1, -0.05) is 18.2 Å². The molecule has 1 unspecified atom stereocenters. The molecule has 2 rings (SSSR count). The molecule has 0 aliphatic carbocycles. The number of carboxylic acid groups (broad SMARTS) is 1. The van der Waals surface area contributed by atoms with Gasteiger partial charge in [-0.3, -0.25) is 9.69 Å². The molecule has 96 valence electrons. The van der Waals surface area contributed by atoms with E-state index in [2.05, 4.69) is 0 Å². The Morgan fingerprint density at radius 1 is 1.50 bits per heavy atom. The maximum atomic E-state index is 11.8. The van der Waals surface area contributed by atoms with Crippen LogP contribution in [0.1, 0.15) is 18.4 Å². The van der Waals surface area contributed by atoms with Crippen molar-refractivity contribution >= 4 is 17.7 Å². The van der Waals surface area contributed by atoms with Gasteiger partial charge in [0.05, 0.1) is 6.42 Å². The average Bonchev–Trinajstić information content (AvgIpc) is 2.30. The molecule has 1 aromatic carbocycles. The summed E-state index contributed by atoms with van der Waals surface area (Å²) in [7, 11) is 0. The lowest BCUT2D eigenvalue weighted by molar-refractivity contribution is -0.139. The fourth-order valence-electron chi connectivity index (χ4n) is 2.05. The first-order valence-corrected chi connectivity index (χ1v) is 5.83. The maximum Gasteiger partial charge on any atom is 0.414 e. The number of aliphatic carboxylic acids is 1. The van der Waals surface area contributed by atoms with Crippen molar-refractivity contribution in [2.75, 3.05) is 11.4 Å². The molecule has 1 aliphatic rings. The zero-order valence-corrected chi connectivity index (χ0v) is 10.1. The third-order valence-electron chi connectivity index (χ3n) is 2.97. The van der Waals surface area contributed by atoms with Crippen LogP contribution in [0.4, 0.5) is 10.5 Å². The first kappa shape index (κ1) is 12.4. The largest absolute Gasteiger partial charge is 0.481 e. The zero-order chi connectivity index (χ0) is 13.1. The smallest absolute Gasteiger partial charge is 0.414 e. The van der Waals surface area contributed by atoms with E-state index in [1.54, 1.807) is 4.90 Å². The maximum absolute atomic E-state index is 11.8. The van der Waals surface area contributed by atoms with Crippen LogP contribution in [0.5, 0.6) is 0 Å². The van der Waals surface area contributed by atoms with Crippen LogP contribution in [0.2, 0.25) is 0 Å². The van der Waals surface area contributed by atoms with Gasteiger partial charge in [0, 0.05) is 18.7 Å². The lowest BCUT2D eigenvalue weighted by atomic mass is 10.1. The number of cyclic esters (lactones) is 1. The van der Waals surface area contributed by atoms with Crippen LogP contribution >= 0.6 is 0 Å². The predicted molar refractivity (Wildman–Crippen MR) is 65.7 cm³/mol. The molecule has 1 heterocycles. The van der Waals surface area contributed by atoms with Gasteiger partial charge < -0.3 is 9.84 Å². The van der Waals surface area contributed by atoms with Gasteiger partial charge in [-0.25, -0.2) is 4.79 Å². The lowest BCUT2D eigenvalue weighted by Crippen LogP contribution is -2.43. The highest BCUT2D eigenvalue weighted by molar-refractivity contribution is 5.89. The van der Waals surface area contributed by atoms with Gasteiger partial charge in [0.25, 0.3) is 0 Å². The molecule has 0 bridgehead atoms. The van der Waals surface area contributed by atoms with E-state index in [-0.39, 0.29) is 6.42 Å². The number of nitrogens with zero attached hydrogens (tertiary/aromatic N) is 1. The number of anilines is 1. The van der Waals surface area contributed by atoms with Crippen molar-refractivity contribution in [2.24, 2.45) is 0 Å². The Bertz CT molecular complexity index is 472. The summed E-state index contributed by atoms with van der Waals surface area (Å²) in [6.45, 7) is 2.41. The van der Waals surface area contributed by atoms with Gasteiger partial charge in [-0.05, 0) is 18.6 Å². The summed E-state index contributed by atoms with van der Waals surface area (Å²) in [5, 5.41) is 8.67. The van der Waals surface area contributed by atoms with E-state index in [1.807, 2.05) is 31.2 Å². The minimum atomic E-state index is -0.947. The summed E-state index contributed by atoms with van der Waals surface area (Å²) in [5.74, 6) is -0.947. The van der Waals surface area contributed by atoms with Crippen LogP contribution in [0.3, 0.4) is 0 Å². The second-order valence-electron chi connectivity index (χ2n) is 4.33. The molecule has 1 atom stereocenters. The molecule has 1 N–H and O–H groups in total. The first-order chi connectivity index (χ1) is 8.58. The standard InChI is InChI=1S/C13H15NO4/c1-9-4-2-3-5-11(9)14-7-6-10(8-12(15)16)18-13(14)17/h2-5,10H,6-8H2,1H3,(H,15,16). The van der Waals surface area contributed by atoms with E-state index < -0.39 is 18.2 Å². The molecule has 1 aliphatic heterocycles. The van der Waals surface area contributed by atoms with Gasteiger partial charge in [0.1, 0.15) is 6.10 Å². The molecule has 0 aromatic heterocycles. The third kappa shape index (κ3) is 2.61. The van der Waals surface area contributed by atoms with Gasteiger partial charge in [0.15, 0.2) is 0 Å². The fourth-order valence-corrected chi connectivity index (χ4v) is 2.05. The van der Waals surface area contributed by atoms with Crippen molar-refractivity contribution in [2.45, 2.75) is 25.9 Å². The van der Waals surface area contributed by atoms with Crippen molar-refractivity contribution in [3.8, 4) is 0 Å². The minimum absolute atomic E-state index is 0.132. The molecule has 0 spiro atoms. The Labute approximate surface area is 105 Å². The monoisotopic (exact) mass is 249 g/mol. The Morgan fingerprint density at radius 3 is 2.83 bits per heavy atom. The number of carboxylic acids is 1. The van der Waals surface area contributed by atoms with Crippen LogP contribution in [0.15, 0.2) is 24.3 Å².